The quantitative estimate of drug-likeness (QED) is 0.641. The fraction of sp³-hybridized carbons (Fsp3) is 0.333. The third kappa shape index (κ3) is 5.80. The number of carbonyl (C=O) groups excluding carboxylic acids is 2. The second kappa shape index (κ2) is 9.56. The molecule has 0 heterocycles. The van der Waals surface area contributed by atoms with Gasteiger partial charge < -0.3 is 10.1 Å². The van der Waals surface area contributed by atoms with Gasteiger partial charge in [-0.15, -0.1) is 0 Å². The van der Waals surface area contributed by atoms with Gasteiger partial charge in [0.15, 0.2) is 6.10 Å². The number of benzene rings is 2. The van der Waals surface area contributed by atoms with Gasteiger partial charge in [0.2, 0.25) is 0 Å². The molecule has 0 spiro atoms. The highest BCUT2D eigenvalue weighted by Gasteiger charge is 2.23. The number of anilines is 1. The number of sulfonamides is 1. The molecule has 1 unspecified atom stereocenters. The molecule has 2 rings (SSSR count). The Morgan fingerprint density at radius 2 is 1.79 bits per heavy atom. The summed E-state index contributed by atoms with van der Waals surface area (Å²) in [6.07, 6.45) is -0.243. The van der Waals surface area contributed by atoms with Crippen molar-refractivity contribution in [1.82, 2.24) is 5.32 Å². The first-order valence-electron chi connectivity index (χ1n) is 9.33. The van der Waals surface area contributed by atoms with Crippen LogP contribution in [-0.2, 0) is 19.6 Å². The van der Waals surface area contributed by atoms with Gasteiger partial charge in [0.25, 0.3) is 15.9 Å². The van der Waals surface area contributed by atoms with Crippen molar-refractivity contribution in [2.24, 2.45) is 0 Å². The molecular weight excluding hydrogens is 392 g/mol. The minimum Gasteiger partial charge on any atom is -0.449 e. The molecule has 2 aromatic rings. The number of esters is 1. The van der Waals surface area contributed by atoms with Crippen molar-refractivity contribution in [2.45, 2.75) is 45.1 Å². The van der Waals surface area contributed by atoms with E-state index in [1.165, 1.54) is 19.1 Å². The Kier molecular flexibility index (Phi) is 7.39. The second-order valence-electron chi connectivity index (χ2n) is 6.76. The number of rotatable bonds is 8. The number of para-hydroxylation sites is 1. The number of hydrogen-bond donors (Lipinski definition) is 2. The lowest BCUT2D eigenvalue weighted by Crippen LogP contribution is -2.36. The average Bonchev–Trinajstić information content (AvgIpc) is 2.67. The number of aryl methyl sites for hydroxylation is 2. The minimum absolute atomic E-state index is 0.0246. The van der Waals surface area contributed by atoms with Gasteiger partial charge >= 0.3 is 5.97 Å². The Morgan fingerprint density at radius 1 is 1.10 bits per heavy atom. The highest BCUT2D eigenvalue weighted by molar-refractivity contribution is 7.92. The zero-order valence-electron chi connectivity index (χ0n) is 17.0. The van der Waals surface area contributed by atoms with Gasteiger partial charge in [-0.05, 0) is 56.5 Å². The molecule has 0 aliphatic heterocycles. The van der Waals surface area contributed by atoms with Gasteiger partial charge in [0.05, 0.1) is 16.1 Å². The van der Waals surface area contributed by atoms with Gasteiger partial charge in [0.1, 0.15) is 0 Å². The first-order valence-corrected chi connectivity index (χ1v) is 10.8. The van der Waals surface area contributed by atoms with Gasteiger partial charge in [-0.25, -0.2) is 13.2 Å². The molecule has 1 amide bonds. The molecule has 0 aromatic heterocycles. The predicted octanol–water partition coefficient (Wildman–Crippen LogP) is 3.18. The van der Waals surface area contributed by atoms with E-state index < -0.39 is 28.0 Å². The molecule has 0 bridgehead atoms. The first kappa shape index (κ1) is 22.4. The van der Waals surface area contributed by atoms with Crippen molar-refractivity contribution >= 4 is 27.6 Å². The van der Waals surface area contributed by atoms with Crippen molar-refractivity contribution in [2.75, 3.05) is 11.3 Å². The van der Waals surface area contributed by atoms with E-state index in [9.17, 15) is 18.0 Å². The maximum absolute atomic E-state index is 12.9. The van der Waals surface area contributed by atoms with Crippen molar-refractivity contribution in [3.8, 4) is 0 Å². The molecule has 2 N–H and O–H groups in total. The SMILES string of the molecule is CCCNC(=O)C(C)OC(=O)c1ccccc1NS(=O)(=O)c1cc(C)ccc1C. The summed E-state index contributed by atoms with van der Waals surface area (Å²) >= 11 is 0. The lowest BCUT2D eigenvalue weighted by molar-refractivity contribution is -0.129. The standard InChI is InChI=1S/C21H26N2O5S/c1-5-12-22-20(24)16(4)28-21(25)17-8-6-7-9-18(17)23-29(26,27)19-13-14(2)10-11-15(19)3/h6-11,13,16,23H,5,12H2,1-4H3,(H,22,24). The molecule has 29 heavy (non-hydrogen) atoms. The minimum atomic E-state index is -3.92. The molecule has 0 fully saturated rings. The zero-order valence-corrected chi connectivity index (χ0v) is 17.8. The van der Waals surface area contributed by atoms with Crippen LogP contribution in [0.25, 0.3) is 0 Å². The number of ether oxygens (including phenoxy) is 1. The van der Waals surface area contributed by atoms with Crippen molar-refractivity contribution in [1.29, 1.82) is 0 Å². The molecule has 7 nitrogen and oxygen atoms in total. The van der Waals surface area contributed by atoms with E-state index in [1.54, 1.807) is 38.1 Å². The number of carbonyl (C=O) groups is 2. The van der Waals surface area contributed by atoms with E-state index in [4.69, 9.17) is 4.74 Å². The molecule has 0 saturated carbocycles. The number of nitrogens with one attached hydrogen (secondary N) is 2. The molecule has 0 saturated heterocycles. The van der Waals surface area contributed by atoms with Crippen LogP contribution in [0.2, 0.25) is 0 Å². The smallest absolute Gasteiger partial charge is 0.341 e. The highest BCUT2D eigenvalue weighted by atomic mass is 32.2. The summed E-state index contributed by atoms with van der Waals surface area (Å²) in [6.45, 7) is 7.35. The monoisotopic (exact) mass is 418 g/mol. The van der Waals surface area contributed by atoms with E-state index in [2.05, 4.69) is 10.0 Å². The van der Waals surface area contributed by atoms with Crippen LogP contribution in [0.3, 0.4) is 0 Å². The van der Waals surface area contributed by atoms with Crippen LogP contribution in [0.5, 0.6) is 0 Å². The summed E-state index contributed by atoms with van der Waals surface area (Å²) in [4.78, 5) is 24.6. The van der Waals surface area contributed by atoms with Crippen molar-refractivity contribution in [3.63, 3.8) is 0 Å². The van der Waals surface area contributed by atoms with Crippen LogP contribution < -0.4 is 10.0 Å². The Hall–Kier alpha value is -2.87. The van der Waals surface area contributed by atoms with Crippen molar-refractivity contribution < 1.29 is 22.7 Å². The van der Waals surface area contributed by atoms with E-state index in [0.717, 1.165) is 12.0 Å². The molecule has 0 aliphatic rings. The fourth-order valence-electron chi connectivity index (χ4n) is 2.62. The summed E-state index contributed by atoms with van der Waals surface area (Å²) in [5.74, 6) is -1.20. The lowest BCUT2D eigenvalue weighted by atomic mass is 10.2. The van der Waals surface area contributed by atoms with E-state index in [0.29, 0.717) is 12.1 Å². The zero-order chi connectivity index (χ0) is 21.6. The Balaban J connectivity index is 2.25. The van der Waals surface area contributed by atoms with Crippen molar-refractivity contribution in [3.05, 3.63) is 59.2 Å². The summed E-state index contributed by atoms with van der Waals surface area (Å²) in [7, 11) is -3.92. The molecule has 8 heteroatoms. The highest BCUT2D eigenvalue weighted by Crippen LogP contribution is 2.24. The maximum atomic E-state index is 12.9. The number of amides is 1. The van der Waals surface area contributed by atoms with Gasteiger partial charge in [-0.2, -0.15) is 0 Å². The fourth-order valence-corrected chi connectivity index (χ4v) is 4.03. The third-order valence-corrected chi connectivity index (χ3v) is 5.73. The van der Waals surface area contributed by atoms with Crippen LogP contribution in [-0.4, -0.2) is 32.9 Å². The van der Waals surface area contributed by atoms with Gasteiger partial charge in [-0.3, -0.25) is 9.52 Å². The Morgan fingerprint density at radius 3 is 2.48 bits per heavy atom. The molecular formula is C21H26N2O5S. The van der Waals surface area contributed by atoms with Crippen LogP contribution >= 0.6 is 0 Å². The van der Waals surface area contributed by atoms with Crippen LogP contribution in [0.4, 0.5) is 5.69 Å². The average molecular weight is 419 g/mol. The van der Waals surface area contributed by atoms with E-state index in [1.807, 2.05) is 13.0 Å². The topological polar surface area (TPSA) is 102 Å². The predicted molar refractivity (Wildman–Crippen MR) is 111 cm³/mol. The van der Waals surface area contributed by atoms with E-state index >= 15 is 0 Å². The Bertz CT molecular complexity index is 1000. The summed E-state index contributed by atoms with van der Waals surface area (Å²) in [6, 6.07) is 11.2. The second-order valence-corrected chi connectivity index (χ2v) is 8.41. The summed E-state index contributed by atoms with van der Waals surface area (Å²) in [5.41, 5.74) is 1.50. The van der Waals surface area contributed by atoms with Gasteiger partial charge in [0, 0.05) is 6.54 Å². The Labute approximate surface area is 171 Å². The van der Waals surface area contributed by atoms with Crippen LogP contribution in [0.1, 0.15) is 41.8 Å². The first-order chi connectivity index (χ1) is 13.7. The summed E-state index contributed by atoms with van der Waals surface area (Å²) < 4.78 is 33.4. The molecule has 156 valence electrons. The molecule has 0 aliphatic carbocycles. The van der Waals surface area contributed by atoms with Gasteiger partial charge in [-0.1, -0.05) is 31.2 Å². The van der Waals surface area contributed by atoms with Crippen LogP contribution in [0.15, 0.2) is 47.4 Å². The van der Waals surface area contributed by atoms with Crippen LogP contribution in [0, 0.1) is 13.8 Å². The third-order valence-electron chi connectivity index (χ3n) is 4.23. The maximum Gasteiger partial charge on any atom is 0.341 e. The molecule has 0 radical (unpaired) electrons. The largest absolute Gasteiger partial charge is 0.449 e. The summed E-state index contributed by atoms with van der Waals surface area (Å²) in [5, 5.41) is 2.65. The lowest BCUT2D eigenvalue weighted by Gasteiger charge is -2.16. The number of hydrogen-bond acceptors (Lipinski definition) is 5. The molecule has 1 atom stereocenters. The molecule has 2 aromatic carbocycles. The van der Waals surface area contributed by atoms with E-state index in [-0.39, 0.29) is 16.1 Å². The normalized spacial score (nSPS) is 12.1.